The molecule has 1 aromatic heterocycles. The van der Waals surface area contributed by atoms with Crippen molar-refractivity contribution in [2.45, 2.75) is 19.3 Å². The Hall–Kier alpha value is -0.640. The van der Waals surface area contributed by atoms with Crippen molar-refractivity contribution in [3.8, 4) is 0 Å². The van der Waals surface area contributed by atoms with Gasteiger partial charge in [0.2, 0.25) is 0 Å². The van der Waals surface area contributed by atoms with Gasteiger partial charge in [0.1, 0.15) is 11.6 Å². The van der Waals surface area contributed by atoms with E-state index in [-0.39, 0.29) is 0 Å². The third-order valence-corrected chi connectivity index (χ3v) is 2.60. The van der Waals surface area contributed by atoms with Crippen LogP contribution in [0.1, 0.15) is 18.7 Å². The van der Waals surface area contributed by atoms with Gasteiger partial charge in [-0.2, -0.15) is 0 Å². The smallest absolute Gasteiger partial charge is 0.141 e. The van der Waals surface area contributed by atoms with Crippen molar-refractivity contribution in [2.75, 3.05) is 5.73 Å². The lowest BCUT2D eigenvalue weighted by atomic mass is 10.3. The summed E-state index contributed by atoms with van der Waals surface area (Å²) in [4.78, 5) is 8.35. The van der Waals surface area contributed by atoms with Crippen LogP contribution in [0.15, 0.2) is 10.7 Å². The molecule has 0 atom stereocenters. The van der Waals surface area contributed by atoms with Crippen LogP contribution in [-0.4, -0.2) is 9.97 Å². The van der Waals surface area contributed by atoms with Crippen LogP contribution in [0.5, 0.6) is 0 Å². The van der Waals surface area contributed by atoms with Crippen molar-refractivity contribution in [3.05, 3.63) is 16.5 Å². The van der Waals surface area contributed by atoms with E-state index in [9.17, 15) is 0 Å². The van der Waals surface area contributed by atoms with Crippen molar-refractivity contribution in [1.82, 2.24) is 9.97 Å². The lowest BCUT2D eigenvalue weighted by Crippen LogP contribution is -2.00. The Bertz CT molecular complexity index is 296. The van der Waals surface area contributed by atoms with Gasteiger partial charge in [-0.25, -0.2) is 9.97 Å². The van der Waals surface area contributed by atoms with Gasteiger partial charge in [0, 0.05) is 12.6 Å². The van der Waals surface area contributed by atoms with Crippen LogP contribution in [0.4, 0.5) is 5.82 Å². The topological polar surface area (TPSA) is 51.8 Å². The molecular weight excluding hydrogens is 218 g/mol. The molecule has 64 valence electrons. The Morgan fingerprint density at radius 3 is 2.92 bits per heavy atom. The third kappa shape index (κ3) is 1.75. The number of halogens is 1. The van der Waals surface area contributed by atoms with Gasteiger partial charge in [0.25, 0.3) is 0 Å². The van der Waals surface area contributed by atoms with E-state index < -0.39 is 0 Å². The molecule has 3 nitrogen and oxygen atoms in total. The molecule has 0 saturated heterocycles. The molecule has 1 aliphatic rings. The second-order valence-corrected chi connectivity index (χ2v) is 4.02. The second-order valence-electron chi connectivity index (χ2n) is 3.17. The number of nitrogens with zero attached hydrogens (tertiary/aromatic N) is 2. The van der Waals surface area contributed by atoms with E-state index in [2.05, 4.69) is 25.9 Å². The highest BCUT2D eigenvalue weighted by atomic mass is 79.9. The lowest BCUT2D eigenvalue weighted by Gasteiger charge is -2.00. The molecule has 2 N–H and O–H groups in total. The largest absolute Gasteiger partial charge is 0.383 e. The molecule has 0 aliphatic heterocycles. The quantitative estimate of drug-likeness (QED) is 0.839. The number of rotatable bonds is 2. The summed E-state index contributed by atoms with van der Waals surface area (Å²) in [5, 5.41) is 0. The van der Waals surface area contributed by atoms with Gasteiger partial charge in [0.05, 0.1) is 4.47 Å². The molecule has 0 bridgehead atoms. The van der Waals surface area contributed by atoms with Crippen LogP contribution in [0.25, 0.3) is 0 Å². The Kier molecular flexibility index (Phi) is 2.00. The van der Waals surface area contributed by atoms with E-state index in [0.717, 1.165) is 22.6 Å². The summed E-state index contributed by atoms with van der Waals surface area (Å²) >= 11 is 3.26. The molecule has 4 heteroatoms. The molecule has 12 heavy (non-hydrogen) atoms. The Labute approximate surface area is 79.5 Å². The van der Waals surface area contributed by atoms with E-state index >= 15 is 0 Å². The van der Waals surface area contributed by atoms with Gasteiger partial charge in [-0.3, -0.25) is 0 Å². The molecule has 1 aliphatic carbocycles. The number of aromatic nitrogens is 2. The zero-order valence-corrected chi connectivity index (χ0v) is 8.21. The predicted octanol–water partition coefficient (Wildman–Crippen LogP) is 1.77. The van der Waals surface area contributed by atoms with Crippen molar-refractivity contribution in [1.29, 1.82) is 0 Å². The Balaban J connectivity index is 2.15. The third-order valence-electron chi connectivity index (χ3n) is 1.99. The van der Waals surface area contributed by atoms with E-state index in [1.165, 1.54) is 12.8 Å². The van der Waals surface area contributed by atoms with Gasteiger partial charge in [-0.1, -0.05) is 0 Å². The van der Waals surface area contributed by atoms with Crippen molar-refractivity contribution >= 4 is 21.7 Å². The number of nitrogens with two attached hydrogens (primary N) is 1. The maximum Gasteiger partial charge on any atom is 0.141 e. The summed E-state index contributed by atoms with van der Waals surface area (Å²) in [7, 11) is 0. The first kappa shape index (κ1) is 7.98. The fraction of sp³-hybridized carbons (Fsp3) is 0.500. The molecule has 1 heterocycles. The maximum atomic E-state index is 5.62. The minimum Gasteiger partial charge on any atom is -0.383 e. The first-order chi connectivity index (χ1) is 5.75. The number of hydrogen-bond donors (Lipinski definition) is 1. The normalized spacial score (nSPS) is 16.4. The van der Waals surface area contributed by atoms with Crippen LogP contribution in [0.2, 0.25) is 0 Å². The van der Waals surface area contributed by atoms with Crippen molar-refractivity contribution in [2.24, 2.45) is 5.92 Å². The summed E-state index contributed by atoms with van der Waals surface area (Å²) in [6, 6.07) is 0. The van der Waals surface area contributed by atoms with E-state index in [4.69, 9.17) is 5.73 Å². The van der Waals surface area contributed by atoms with E-state index in [1.54, 1.807) is 6.20 Å². The summed E-state index contributed by atoms with van der Waals surface area (Å²) < 4.78 is 0.780. The fourth-order valence-electron chi connectivity index (χ4n) is 1.10. The number of anilines is 1. The van der Waals surface area contributed by atoms with Crippen molar-refractivity contribution in [3.63, 3.8) is 0 Å². The second kappa shape index (κ2) is 3.01. The molecule has 1 fully saturated rings. The first-order valence-corrected chi connectivity index (χ1v) is 4.82. The average Bonchev–Trinajstić information content (AvgIpc) is 2.81. The Morgan fingerprint density at radius 2 is 2.33 bits per heavy atom. The fourth-order valence-corrected chi connectivity index (χ4v) is 1.29. The molecule has 0 unspecified atom stereocenters. The van der Waals surface area contributed by atoms with Crippen LogP contribution in [0.3, 0.4) is 0 Å². The zero-order valence-electron chi connectivity index (χ0n) is 6.63. The molecule has 0 radical (unpaired) electrons. The minimum absolute atomic E-state index is 0.542. The predicted molar refractivity (Wildman–Crippen MR) is 50.6 cm³/mol. The highest BCUT2D eigenvalue weighted by Gasteiger charge is 2.22. The standard InChI is InChI=1S/C8H10BrN3/c9-6-4-11-7(12-8(6)10)3-5-1-2-5/h4-5H,1-3H2,(H2,10,11,12). The van der Waals surface area contributed by atoms with Crippen LogP contribution >= 0.6 is 15.9 Å². The first-order valence-electron chi connectivity index (χ1n) is 4.02. The van der Waals surface area contributed by atoms with Gasteiger partial charge >= 0.3 is 0 Å². The molecule has 0 spiro atoms. The average molecular weight is 228 g/mol. The van der Waals surface area contributed by atoms with Crippen molar-refractivity contribution < 1.29 is 0 Å². The number of hydrogen-bond acceptors (Lipinski definition) is 3. The molecule has 0 amide bonds. The van der Waals surface area contributed by atoms with E-state index in [1.807, 2.05) is 0 Å². The molecule has 1 saturated carbocycles. The maximum absolute atomic E-state index is 5.62. The van der Waals surface area contributed by atoms with E-state index in [0.29, 0.717) is 5.82 Å². The SMILES string of the molecule is Nc1nc(CC2CC2)ncc1Br. The summed E-state index contributed by atoms with van der Waals surface area (Å²) in [6.45, 7) is 0. The minimum atomic E-state index is 0.542. The molecular formula is C8H10BrN3. The highest BCUT2D eigenvalue weighted by Crippen LogP contribution is 2.31. The van der Waals surface area contributed by atoms with Crippen LogP contribution in [-0.2, 0) is 6.42 Å². The molecule has 1 aromatic rings. The van der Waals surface area contributed by atoms with Crippen LogP contribution < -0.4 is 5.73 Å². The van der Waals surface area contributed by atoms with Gasteiger partial charge in [-0.05, 0) is 34.7 Å². The lowest BCUT2D eigenvalue weighted by molar-refractivity contribution is 0.770. The zero-order chi connectivity index (χ0) is 8.55. The van der Waals surface area contributed by atoms with Gasteiger partial charge < -0.3 is 5.73 Å². The summed E-state index contributed by atoms with van der Waals surface area (Å²) in [5.74, 6) is 2.23. The van der Waals surface area contributed by atoms with Gasteiger partial charge in [0.15, 0.2) is 0 Å². The van der Waals surface area contributed by atoms with Crippen LogP contribution in [0, 0.1) is 5.92 Å². The molecule has 0 aromatic carbocycles. The summed E-state index contributed by atoms with van der Waals surface area (Å²) in [6.07, 6.45) is 5.34. The Morgan fingerprint density at radius 1 is 1.58 bits per heavy atom. The highest BCUT2D eigenvalue weighted by molar-refractivity contribution is 9.10. The monoisotopic (exact) mass is 227 g/mol. The molecule has 2 rings (SSSR count). The number of nitrogen functional groups attached to an aromatic ring is 1. The summed E-state index contributed by atoms with van der Waals surface area (Å²) in [5.41, 5.74) is 5.62. The van der Waals surface area contributed by atoms with Gasteiger partial charge in [-0.15, -0.1) is 0 Å².